The number of rotatable bonds is 6. The quantitative estimate of drug-likeness (QED) is 0.312. The van der Waals surface area contributed by atoms with Crippen molar-refractivity contribution >= 4 is 17.9 Å². The Labute approximate surface area is 139 Å². The normalized spacial score (nSPS) is 35.2. The van der Waals surface area contributed by atoms with Crippen molar-refractivity contribution in [3.05, 3.63) is 12.2 Å². The van der Waals surface area contributed by atoms with Gasteiger partial charge in [-0.1, -0.05) is 6.58 Å². The molecule has 128 valence electrons. The van der Waals surface area contributed by atoms with Gasteiger partial charge in [0.2, 0.25) is 0 Å². The van der Waals surface area contributed by atoms with Gasteiger partial charge in [-0.05, 0) is 26.2 Å². The van der Waals surface area contributed by atoms with Crippen molar-refractivity contribution in [3.63, 3.8) is 0 Å². The van der Waals surface area contributed by atoms with Crippen LogP contribution in [0.3, 0.4) is 0 Å². The molecule has 3 aliphatic rings. The van der Waals surface area contributed by atoms with Crippen molar-refractivity contribution in [3.8, 4) is 6.07 Å². The second kappa shape index (κ2) is 5.93. The van der Waals surface area contributed by atoms with Gasteiger partial charge in [0.15, 0.2) is 5.41 Å². The first-order valence-electron chi connectivity index (χ1n) is 8.03. The van der Waals surface area contributed by atoms with Crippen molar-refractivity contribution < 1.29 is 28.6 Å². The fraction of sp³-hybridized carbons (Fsp3) is 0.647. The number of hydrogen-bond acceptors (Lipinski definition) is 7. The van der Waals surface area contributed by atoms with E-state index in [4.69, 9.17) is 14.2 Å². The van der Waals surface area contributed by atoms with Crippen LogP contribution in [0, 0.1) is 28.6 Å². The van der Waals surface area contributed by atoms with Crippen molar-refractivity contribution in [2.24, 2.45) is 17.3 Å². The van der Waals surface area contributed by atoms with Gasteiger partial charge < -0.3 is 14.2 Å². The maximum atomic E-state index is 12.0. The molecule has 24 heavy (non-hydrogen) atoms. The third kappa shape index (κ3) is 2.46. The molecule has 0 spiro atoms. The number of carbonyl (C=O) groups is 3. The smallest absolute Gasteiger partial charge is 0.333 e. The van der Waals surface area contributed by atoms with Gasteiger partial charge in [0, 0.05) is 23.8 Å². The van der Waals surface area contributed by atoms with Gasteiger partial charge in [-0.3, -0.25) is 9.59 Å². The highest BCUT2D eigenvalue weighted by atomic mass is 16.6. The summed E-state index contributed by atoms with van der Waals surface area (Å²) in [6, 6.07) is 2.11. The molecule has 2 bridgehead atoms. The summed E-state index contributed by atoms with van der Waals surface area (Å²) in [5.41, 5.74) is -0.724. The van der Waals surface area contributed by atoms with Crippen LogP contribution in [0.5, 0.6) is 0 Å². The van der Waals surface area contributed by atoms with Crippen LogP contribution in [0.15, 0.2) is 12.2 Å². The highest BCUT2D eigenvalue weighted by Crippen LogP contribution is 2.62. The predicted octanol–water partition coefficient (Wildman–Crippen LogP) is 1.27. The Morgan fingerprint density at radius 1 is 1.50 bits per heavy atom. The molecule has 1 aliphatic heterocycles. The van der Waals surface area contributed by atoms with Crippen LogP contribution in [0.4, 0.5) is 0 Å². The Bertz CT molecular complexity index is 650. The average molecular weight is 333 g/mol. The molecule has 0 N–H and O–H groups in total. The molecular weight excluding hydrogens is 314 g/mol. The minimum atomic E-state index is -1.03. The monoisotopic (exact) mass is 333 g/mol. The lowest BCUT2D eigenvalue weighted by molar-refractivity contribution is -0.162. The summed E-state index contributed by atoms with van der Waals surface area (Å²) >= 11 is 0. The van der Waals surface area contributed by atoms with E-state index in [1.54, 1.807) is 6.92 Å². The summed E-state index contributed by atoms with van der Waals surface area (Å²) in [6.07, 6.45) is 0.581. The minimum Gasteiger partial charge on any atom is -0.462 e. The van der Waals surface area contributed by atoms with Gasteiger partial charge in [-0.25, -0.2) is 4.79 Å². The summed E-state index contributed by atoms with van der Waals surface area (Å²) < 4.78 is 15.7. The van der Waals surface area contributed by atoms with Crippen molar-refractivity contribution in [2.45, 2.75) is 44.8 Å². The molecule has 0 amide bonds. The average Bonchev–Trinajstić information content (AvgIpc) is 3.13. The zero-order valence-electron chi connectivity index (χ0n) is 13.4. The molecule has 7 nitrogen and oxygen atoms in total. The minimum absolute atomic E-state index is 0.00343. The number of hydrogen-bond donors (Lipinski definition) is 0. The van der Waals surface area contributed by atoms with Gasteiger partial charge in [0.25, 0.3) is 0 Å². The number of esters is 3. The van der Waals surface area contributed by atoms with E-state index < -0.39 is 35.5 Å². The molecule has 1 heterocycles. The Balaban J connectivity index is 1.48. The van der Waals surface area contributed by atoms with Crippen LogP contribution >= 0.6 is 0 Å². The number of ether oxygens (including phenoxy) is 3. The fourth-order valence-corrected chi connectivity index (χ4v) is 4.00. The van der Waals surface area contributed by atoms with Gasteiger partial charge in [-0.2, -0.15) is 5.26 Å². The fourth-order valence-electron chi connectivity index (χ4n) is 4.00. The second-order valence-electron chi connectivity index (χ2n) is 6.73. The van der Waals surface area contributed by atoms with E-state index in [0.29, 0.717) is 24.8 Å². The van der Waals surface area contributed by atoms with Crippen LogP contribution in [0.25, 0.3) is 0 Å². The predicted molar refractivity (Wildman–Crippen MR) is 79.0 cm³/mol. The summed E-state index contributed by atoms with van der Waals surface area (Å²) in [5.74, 6) is -1.55. The highest BCUT2D eigenvalue weighted by Gasteiger charge is 2.72. The van der Waals surface area contributed by atoms with Crippen LogP contribution in [0.2, 0.25) is 0 Å². The molecule has 5 atom stereocenters. The first-order valence-corrected chi connectivity index (χ1v) is 8.03. The molecule has 5 unspecified atom stereocenters. The lowest BCUT2D eigenvalue weighted by Gasteiger charge is -2.27. The van der Waals surface area contributed by atoms with Crippen LogP contribution in [-0.4, -0.2) is 36.7 Å². The third-order valence-electron chi connectivity index (χ3n) is 5.14. The SMILES string of the molecule is C=C(C)C(=O)OCCCC(=O)OC1C2CC3C1OC(=O)C3(C#N)C2. The molecule has 3 rings (SSSR count). The summed E-state index contributed by atoms with van der Waals surface area (Å²) in [4.78, 5) is 35.2. The van der Waals surface area contributed by atoms with E-state index in [1.165, 1.54) is 0 Å². The standard InChI is InChI=1S/C17H19NO6/c1-9(2)15(20)22-5-3-4-12(19)23-13-10-6-11-14(13)24-16(21)17(11,7-10)8-18/h10-11,13-14H,1,3-7H2,2H3. The number of nitrogens with zero attached hydrogens (tertiary/aromatic N) is 1. The van der Waals surface area contributed by atoms with E-state index in [1.807, 2.05) is 0 Å². The molecule has 2 aliphatic carbocycles. The number of carbonyl (C=O) groups excluding carboxylic acids is 3. The molecule has 7 heteroatoms. The Hall–Kier alpha value is -2.36. The second-order valence-corrected chi connectivity index (χ2v) is 6.73. The molecule has 1 saturated heterocycles. The van der Waals surface area contributed by atoms with Crippen LogP contribution < -0.4 is 0 Å². The third-order valence-corrected chi connectivity index (χ3v) is 5.14. The topological polar surface area (TPSA) is 103 Å². The lowest BCUT2D eigenvalue weighted by Crippen LogP contribution is -2.39. The summed E-state index contributed by atoms with van der Waals surface area (Å²) in [6.45, 7) is 5.14. The van der Waals surface area contributed by atoms with Crippen LogP contribution in [0.1, 0.15) is 32.6 Å². The molecule has 0 aromatic carbocycles. The Kier molecular flexibility index (Phi) is 4.08. The summed E-state index contributed by atoms with van der Waals surface area (Å²) in [7, 11) is 0. The zero-order valence-corrected chi connectivity index (χ0v) is 13.4. The molecule has 0 aromatic rings. The molecule has 3 fully saturated rings. The first-order chi connectivity index (χ1) is 11.4. The molecule has 2 saturated carbocycles. The first kappa shape index (κ1) is 16.5. The van der Waals surface area contributed by atoms with E-state index in [9.17, 15) is 19.6 Å². The Morgan fingerprint density at radius 3 is 2.92 bits per heavy atom. The van der Waals surface area contributed by atoms with Gasteiger partial charge in [-0.15, -0.1) is 0 Å². The van der Waals surface area contributed by atoms with Gasteiger partial charge in [0.05, 0.1) is 12.7 Å². The highest BCUT2D eigenvalue weighted by molar-refractivity contribution is 5.87. The van der Waals surface area contributed by atoms with Crippen molar-refractivity contribution in [1.29, 1.82) is 5.26 Å². The zero-order chi connectivity index (χ0) is 17.5. The van der Waals surface area contributed by atoms with E-state index in [2.05, 4.69) is 12.6 Å². The number of nitriles is 1. The van der Waals surface area contributed by atoms with Crippen molar-refractivity contribution in [1.82, 2.24) is 0 Å². The molecule has 0 radical (unpaired) electrons. The van der Waals surface area contributed by atoms with Gasteiger partial charge >= 0.3 is 17.9 Å². The maximum Gasteiger partial charge on any atom is 0.333 e. The summed E-state index contributed by atoms with van der Waals surface area (Å²) in [5, 5.41) is 9.32. The number of fused-ring (bicyclic) bond motifs is 1. The van der Waals surface area contributed by atoms with Crippen molar-refractivity contribution in [2.75, 3.05) is 6.61 Å². The largest absolute Gasteiger partial charge is 0.462 e. The Morgan fingerprint density at radius 2 is 2.25 bits per heavy atom. The van der Waals surface area contributed by atoms with Gasteiger partial charge in [0.1, 0.15) is 12.2 Å². The van der Waals surface area contributed by atoms with E-state index in [0.717, 1.165) is 0 Å². The molecule has 0 aromatic heterocycles. The molecular formula is C17H19NO6. The van der Waals surface area contributed by atoms with Crippen LogP contribution in [-0.2, 0) is 28.6 Å². The van der Waals surface area contributed by atoms with E-state index in [-0.39, 0.29) is 24.9 Å². The maximum absolute atomic E-state index is 12.0. The van der Waals surface area contributed by atoms with E-state index >= 15 is 0 Å². The lowest BCUT2D eigenvalue weighted by atomic mass is 9.75.